The molecule has 0 atom stereocenters. The number of nitriles is 1. The van der Waals surface area contributed by atoms with E-state index in [1.54, 1.807) is 12.1 Å². The van der Waals surface area contributed by atoms with Crippen molar-refractivity contribution in [3.63, 3.8) is 0 Å². The summed E-state index contributed by atoms with van der Waals surface area (Å²) in [6.07, 6.45) is 7.90. The molecule has 5 heteroatoms. The first kappa shape index (κ1) is 18.0. The number of hydrogen-bond acceptors (Lipinski definition) is 4. The van der Waals surface area contributed by atoms with Crippen LogP contribution in [-0.2, 0) is 14.3 Å². The number of hydrogen-bond donors (Lipinski definition) is 0. The van der Waals surface area contributed by atoms with Crippen LogP contribution >= 0.6 is 0 Å². The van der Waals surface area contributed by atoms with Crippen molar-refractivity contribution in [1.29, 1.82) is 5.26 Å². The number of para-hydroxylation sites is 1. The summed E-state index contributed by atoms with van der Waals surface area (Å²) in [4.78, 5) is 26.3. The van der Waals surface area contributed by atoms with E-state index < -0.39 is 0 Å². The van der Waals surface area contributed by atoms with Crippen molar-refractivity contribution in [3.8, 4) is 6.07 Å². The Kier molecular flexibility index (Phi) is 4.90. The molecule has 0 aromatic heterocycles. The molecule has 0 N–H and O–H groups in total. The second-order valence-corrected chi connectivity index (χ2v) is 8.73. The van der Waals surface area contributed by atoms with E-state index >= 15 is 0 Å². The van der Waals surface area contributed by atoms with Gasteiger partial charge in [0.2, 0.25) is 0 Å². The SMILES string of the molecule is N#CCN(C(=O)COC(=O)CC12CC3CC(CC(C3)C1)C2)c1ccccc1. The maximum atomic E-state index is 12.5. The van der Waals surface area contributed by atoms with Gasteiger partial charge < -0.3 is 4.74 Å². The summed E-state index contributed by atoms with van der Waals surface area (Å²) >= 11 is 0. The Labute approximate surface area is 160 Å². The van der Waals surface area contributed by atoms with Crippen molar-refractivity contribution < 1.29 is 14.3 Å². The maximum Gasteiger partial charge on any atom is 0.306 e. The van der Waals surface area contributed by atoms with Gasteiger partial charge in [-0.25, -0.2) is 0 Å². The van der Waals surface area contributed by atoms with Gasteiger partial charge in [-0.05, 0) is 73.8 Å². The largest absolute Gasteiger partial charge is 0.456 e. The van der Waals surface area contributed by atoms with Crippen molar-refractivity contribution >= 4 is 17.6 Å². The highest BCUT2D eigenvalue weighted by molar-refractivity contribution is 5.95. The molecular weight excluding hydrogens is 340 g/mol. The summed E-state index contributed by atoms with van der Waals surface area (Å²) < 4.78 is 5.35. The summed E-state index contributed by atoms with van der Waals surface area (Å²) in [5.74, 6) is 1.73. The summed E-state index contributed by atoms with van der Waals surface area (Å²) in [6.45, 7) is -0.364. The van der Waals surface area contributed by atoms with Gasteiger partial charge in [0, 0.05) is 5.69 Å². The van der Waals surface area contributed by atoms with Crippen molar-refractivity contribution in [3.05, 3.63) is 30.3 Å². The number of carbonyl (C=O) groups excluding carboxylic acids is 2. The van der Waals surface area contributed by atoms with Crippen molar-refractivity contribution in [1.82, 2.24) is 0 Å². The zero-order valence-electron chi connectivity index (χ0n) is 15.6. The van der Waals surface area contributed by atoms with Crippen LogP contribution in [0.3, 0.4) is 0 Å². The third kappa shape index (κ3) is 3.85. The summed E-state index contributed by atoms with van der Waals surface area (Å²) in [6, 6.07) is 11.0. The molecule has 0 aliphatic heterocycles. The standard InChI is InChI=1S/C22H26N2O3/c23-6-7-24(19-4-2-1-3-5-19)20(25)15-27-21(26)14-22-11-16-8-17(12-22)10-18(9-16)13-22/h1-5,16-18H,7-15H2. The second kappa shape index (κ2) is 7.34. The molecule has 27 heavy (non-hydrogen) atoms. The van der Waals surface area contributed by atoms with Gasteiger partial charge in [-0.3, -0.25) is 14.5 Å². The van der Waals surface area contributed by atoms with Gasteiger partial charge in [0.25, 0.3) is 5.91 Å². The summed E-state index contributed by atoms with van der Waals surface area (Å²) in [5.41, 5.74) is 0.752. The Morgan fingerprint density at radius 2 is 1.67 bits per heavy atom. The first-order valence-electron chi connectivity index (χ1n) is 9.95. The van der Waals surface area contributed by atoms with Crippen LogP contribution in [0.5, 0.6) is 0 Å². The van der Waals surface area contributed by atoms with E-state index in [4.69, 9.17) is 10.00 Å². The third-order valence-electron chi connectivity index (χ3n) is 6.64. The number of amides is 1. The van der Waals surface area contributed by atoms with Crippen molar-refractivity contribution in [2.24, 2.45) is 23.2 Å². The molecule has 4 bridgehead atoms. The molecule has 1 aromatic rings. The van der Waals surface area contributed by atoms with E-state index in [1.807, 2.05) is 24.3 Å². The Balaban J connectivity index is 1.33. The average Bonchev–Trinajstić information content (AvgIpc) is 2.63. The summed E-state index contributed by atoms with van der Waals surface area (Å²) in [5, 5.41) is 9.01. The molecular formula is C22H26N2O3. The number of ether oxygens (including phenoxy) is 1. The Morgan fingerprint density at radius 1 is 1.07 bits per heavy atom. The first-order chi connectivity index (χ1) is 13.1. The molecule has 1 amide bonds. The van der Waals surface area contributed by atoms with Crippen molar-refractivity contribution in [2.45, 2.75) is 44.9 Å². The average molecular weight is 366 g/mol. The fourth-order valence-corrected chi connectivity index (χ4v) is 6.09. The quantitative estimate of drug-likeness (QED) is 0.569. The van der Waals surface area contributed by atoms with E-state index in [9.17, 15) is 9.59 Å². The molecule has 142 valence electrons. The van der Waals surface area contributed by atoms with E-state index in [1.165, 1.54) is 24.2 Å². The van der Waals surface area contributed by atoms with Gasteiger partial charge in [0.1, 0.15) is 6.54 Å². The van der Waals surface area contributed by atoms with Gasteiger partial charge in [0.05, 0.1) is 12.5 Å². The number of benzene rings is 1. The van der Waals surface area contributed by atoms with Crippen molar-refractivity contribution in [2.75, 3.05) is 18.1 Å². The van der Waals surface area contributed by atoms with Crippen LogP contribution in [0.4, 0.5) is 5.69 Å². The lowest BCUT2D eigenvalue weighted by Crippen LogP contribution is -2.47. The Bertz CT molecular complexity index is 717. The lowest BCUT2D eigenvalue weighted by atomic mass is 9.49. The predicted octanol–water partition coefficient (Wildman–Crippen LogP) is 3.69. The van der Waals surface area contributed by atoms with E-state index in [-0.39, 0.29) is 30.4 Å². The fraction of sp³-hybridized carbons (Fsp3) is 0.591. The normalized spacial score (nSPS) is 30.6. The molecule has 1 aromatic carbocycles. The van der Waals surface area contributed by atoms with E-state index in [2.05, 4.69) is 0 Å². The molecule has 5 nitrogen and oxygen atoms in total. The van der Waals surface area contributed by atoms with E-state index in [0.29, 0.717) is 12.1 Å². The highest BCUT2D eigenvalue weighted by atomic mass is 16.5. The molecule has 0 heterocycles. The monoisotopic (exact) mass is 366 g/mol. The van der Waals surface area contributed by atoms with Gasteiger partial charge in [0.15, 0.2) is 6.61 Å². The zero-order valence-corrected chi connectivity index (χ0v) is 15.6. The second-order valence-electron chi connectivity index (χ2n) is 8.73. The minimum Gasteiger partial charge on any atom is -0.456 e. The number of esters is 1. The van der Waals surface area contributed by atoms with Crippen LogP contribution in [0.2, 0.25) is 0 Å². The van der Waals surface area contributed by atoms with Gasteiger partial charge in [-0.1, -0.05) is 18.2 Å². The van der Waals surface area contributed by atoms with Crippen LogP contribution in [0.15, 0.2) is 30.3 Å². The molecule has 0 radical (unpaired) electrons. The smallest absolute Gasteiger partial charge is 0.306 e. The maximum absolute atomic E-state index is 12.5. The molecule has 4 saturated carbocycles. The summed E-state index contributed by atoms with van der Waals surface area (Å²) in [7, 11) is 0. The number of anilines is 1. The van der Waals surface area contributed by atoms with Crippen LogP contribution in [0, 0.1) is 34.5 Å². The Morgan fingerprint density at radius 3 is 2.22 bits per heavy atom. The van der Waals surface area contributed by atoms with Gasteiger partial charge >= 0.3 is 5.97 Å². The molecule has 0 spiro atoms. The minimum atomic E-state index is -0.360. The van der Waals surface area contributed by atoms with Crippen LogP contribution < -0.4 is 4.90 Å². The highest BCUT2D eigenvalue weighted by Gasteiger charge is 2.51. The molecule has 5 rings (SSSR count). The molecule has 0 saturated heterocycles. The topological polar surface area (TPSA) is 70.4 Å². The number of nitrogens with zero attached hydrogens (tertiary/aromatic N) is 2. The predicted molar refractivity (Wildman–Crippen MR) is 101 cm³/mol. The molecule has 4 aliphatic rings. The third-order valence-corrected chi connectivity index (χ3v) is 6.64. The fourth-order valence-electron chi connectivity index (χ4n) is 6.09. The van der Waals surface area contributed by atoms with E-state index in [0.717, 1.165) is 37.0 Å². The molecule has 4 fully saturated rings. The van der Waals surface area contributed by atoms with Crippen LogP contribution in [0.1, 0.15) is 44.9 Å². The van der Waals surface area contributed by atoms with Gasteiger partial charge in [-0.15, -0.1) is 0 Å². The molecule has 4 aliphatic carbocycles. The lowest BCUT2D eigenvalue weighted by Gasteiger charge is -2.56. The van der Waals surface area contributed by atoms with Crippen LogP contribution in [0.25, 0.3) is 0 Å². The first-order valence-corrected chi connectivity index (χ1v) is 9.95. The molecule has 0 unspecified atom stereocenters. The minimum absolute atomic E-state index is 0.0601. The van der Waals surface area contributed by atoms with Gasteiger partial charge in [-0.2, -0.15) is 5.26 Å². The number of rotatable bonds is 6. The lowest BCUT2D eigenvalue weighted by molar-refractivity contribution is -0.155. The Hall–Kier alpha value is -2.35. The number of carbonyl (C=O) groups is 2. The zero-order chi connectivity index (χ0) is 18.9. The highest BCUT2D eigenvalue weighted by Crippen LogP contribution is 2.61. The van der Waals surface area contributed by atoms with Crippen LogP contribution in [-0.4, -0.2) is 25.0 Å².